The number of nitrogens with one attached hydrogen (secondary N) is 1. The molecule has 0 amide bonds. The largest absolute Gasteiger partial charge is 0.480 e. The first-order valence-electron chi connectivity index (χ1n) is 7.53. The van der Waals surface area contributed by atoms with Crippen LogP contribution in [-0.2, 0) is 30.5 Å². The summed E-state index contributed by atoms with van der Waals surface area (Å²) < 4.78 is 40.3. The molecule has 5 nitrogen and oxygen atoms in total. The molecule has 0 radical (unpaired) electrons. The van der Waals surface area contributed by atoms with Gasteiger partial charge in [-0.1, -0.05) is 12.1 Å². The Morgan fingerprint density at radius 3 is 2.83 bits per heavy atom. The number of aliphatic carboxylic acids is 1. The number of carbonyl (C=O) groups is 1. The molecule has 0 bridgehead atoms. The Morgan fingerprint density at radius 1 is 1.38 bits per heavy atom. The molecular formula is C16H16F3N3O2. The minimum absolute atomic E-state index is 0.0593. The molecule has 2 heterocycles. The number of aromatic nitrogens is 2. The molecule has 3 rings (SSSR count). The lowest BCUT2D eigenvalue weighted by Gasteiger charge is -2.16. The van der Waals surface area contributed by atoms with Crippen LogP contribution in [0.5, 0.6) is 0 Å². The van der Waals surface area contributed by atoms with Crippen LogP contribution in [0.2, 0.25) is 0 Å². The van der Waals surface area contributed by atoms with Crippen molar-refractivity contribution in [3.8, 4) is 0 Å². The maximum Gasteiger partial charge on any atom is 0.416 e. The molecule has 0 aliphatic carbocycles. The van der Waals surface area contributed by atoms with Crippen LogP contribution in [0.25, 0.3) is 0 Å². The van der Waals surface area contributed by atoms with E-state index in [1.165, 1.54) is 12.1 Å². The number of alkyl halides is 3. The number of hydrogen-bond donors (Lipinski definition) is 2. The van der Waals surface area contributed by atoms with Crippen molar-refractivity contribution in [2.45, 2.75) is 38.1 Å². The van der Waals surface area contributed by atoms with E-state index in [9.17, 15) is 23.1 Å². The molecule has 1 unspecified atom stereocenters. The fraction of sp³-hybridized carbons (Fsp3) is 0.375. The molecular weight excluding hydrogens is 323 g/mol. The Bertz CT molecular complexity index is 734. The van der Waals surface area contributed by atoms with Crippen LogP contribution < -0.4 is 5.32 Å². The van der Waals surface area contributed by atoms with Crippen LogP contribution in [-0.4, -0.2) is 20.9 Å². The second-order valence-electron chi connectivity index (χ2n) is 5.73. The molecule has 0 spiro atoms. The van der Waals surface area contributed by atoms with E-state index >= 15 is 0 Å². The number of rotatable bonds is 5. The average Bonchev–Trinajstić information content (AvgIpc) is 3.07. The van der Waals surface area contributed by atoms with Crippen molar-refractivity contribution in [3.05, 3.63) is 52.8 Å². The Kier molecular flexibility index (Phi) is 4.31. The average molecular weight is 339 g/mol. The van der Waals surface area contributed by atoms with E-state index in [2.05, 4.69) is 10.4 Å². The smallest absolute Gasteiger partial charge is 0.416 e. The summed E-state index contributed by atoms with van der Waals surface area (Å²) in [6.07, 6.45) is -2.54. The van der Waals surface area contributed by atoms with Crippen molar-refractivity contribution in [3.63, 3.8) is 0 Å². The first-order chi connectivity index (χ1) is 11.3. The lowest BCUT2D eigenvalue weighted by atomic mass is 10.0. The van der Waals surface area contributed by atoms with E-state index in [1.807, 2.05) is 10.7 Å². The van der Waals surface area contributed by atoms with Crippen LogP contribution in [0.1, 0.15) is 35.0 Å². The molecule has 1 aromatic heterocycles. The highest BCUT2D eigenvalue weighted by Gasteiger charge is 2.31. The third-order valence-corrected chi connectivity index (χ3v) is 4.00. The molecule has 24 heavy (non-hydrogen) atoms. The Balaban J connectivity index is 1.76. The molecule has 1 atom stereocenters. The summed E-state index contributed by atoms with van der Waals surface area (Å²) >= 11 is 0. The normalized spacial score (nSPS) is 15.3. The van der Waals surface area contributed by atoms with Crippen molar-refractivity contribution < 1.29 is 23.1 Å². The highest BCUT2D eigenvalue weighted by Crippen LogP contribution is 2.31. The maximum atomic E-state index is 12.8. The van der Waals surface area contributed by atoms with Crippen LogP contribution in [0, 0.1) is 0 Å². The van der Waals surface area contributed by atoms with Crippen molar-refractivity contribution in [1.82, 2.24) is 15.1 Å². The van der Waals surface area contributed by atoms with Crippen molar-refractivity contribution in [2.24, 2.45) is 0 Å². The van der Waals surface area contributed by atoms with Gasteiger partial charge in [-0.3, -0.25) is 14.8 Å². The van der Waals surface area contributed by atoms with Gasteiger partial charge in [-0.15, -0.1) is 0 Å². The van der Waals surface area contributed by atoms with Gasteiger partial charge in [-0.2, -0.15) is 18.3 Å². The topological polar surface area (TPSA) is 67.2 Å². The van der Waals surface area contributed by atoms with Gasteiger partial charge in [0.2, 0.25) is 0 Å². The zero-order valence-electron chi connectivity index (χ0n) is 12.7. The lowest BCUT2D eigenvalue weighted by molar-refractivity contribution is -0.140. The molecule has 2 N–H and O–H groups in total. The maximum absolute atomic E-state index is 12.8. The van der Waals surface area contributed by atoms with Crippen LogP contribution in [0.4, 0.5) is 13.2 Å². The predicted octanol–water partition coefficient (Wildman–Crippen LogP) is 2.76. The first kappa shape index (κ1) is 16.5. The van der Waals surface area contributed by atoms with E-state index in [1.54, 1.807) is 0 Å². The van der Waals surface area contributed by atoms with Gasteiger partial charge >= 0.3 is 12.1 Å². The van der Waals surface area contributed by atoms with E-state index in [-0.39, 0.29) is 12.1 Å². The fourth-order valence-corrected chi connectivity index (χ4v) is 2.86. The van der Waals surface area contributed by atoms with Crippen molar-refractivity contribution >= 4 is 5.97 Å². The van der Waals surface area contributed by atoms with Gasteiger partial charge in [-0.25, -0.2) is 0 Å². The molecule has 1 aliphatic rings. The first-order valence-corrected chi connectivity index (χ1v) is 7.53. The summed E-state index contributed by atoms with van der Waals surface area (Å²) in [7, 11) is 0. The molecule has 0 fully saturated rings. The second kappa shape index (κ2) is 6.27. The third kappa shape index (κ3) is 3.43. The monoisotopic (exact) mass is 339 g/mol. The van der Waals surface area contributed by atoms with Gasteiger partial charge in [0.1, 0.15) is 6.04 Å². The summed E-state index contributed by atoms with van der Waals surface area (Å²) in [4.78, 5) is 11.5. The highest BCUT2D eigenvalue weighted by atomic mass is 19.4. The summed E-state index contributed by atoms with van der Waals surface area (Å²) in [5, 5.41) is 16.5. The van der Waals surface area contributed by atoms with Gasteiger partial charge in [0.05, 0.1) is 11.3 Å². The number of nitrogens with zero attached hydrogens (tertiary/aromatic N) is 2. The zero-order chi connectivity index (χ0) is 17.3. The standard InChI is InChI=1S/C16H16F3N3O2/c17-16(18,19)11-4-1-3-10(7-11)14(15(23)24)20-9-12-8-13-5-2-6-22(13)21-12/h1,3-4,7-8,14,20H,2,5-6,9H2,(H,23,24). The molecule has 1 aromatic carbocycles. The van der Waals surface area contributed by atoms with Gasteiger partial charge < -0.3 is 5.11 Å². The van der Waals surface area contributed by atoms with Gasteiger partial charge in [0.25, 0.3) is 0 Å². The molecule has 8 heteroatoms. The van der Waals surface area contributed by atoms with Crippen LogP contribution in [0.15, 0.2) is 30.3 Å². The van der Waals surface area contributed by atoms with Gasteiger partial charge in [-0.05, 0) is 36.6 Å². The Morgan fingerprint density at radius 2 is 2.17 bits per heavy atom. The minimum Gasteiger partial charge on any atom is -0.480 e. The molecule has 0 saturated carbocycles. The Labute approximate surface area is 136 Å². The van der Waals surface area contributed by atoms with Gasteiger partial charge in [0.15, 0.2) is 0 Å². The zero-order valence-corrected chi connectivity index (χ0v) is 12.7. The summed E-state index contributed by atoms with van der Waals surface area (Å²) in [5.74, 6) is -1.24. The molecule has 128 valence electrons. The van der Waals surface area contributed by atoms with Crippen molar-refractivity contribution in [1.29, 1.82) is 0 Å². The number of aryl methyl sites for hydroxylation is 2. The predicted molar refractivity (Wildman–Crippen MR) is 79.2 cm³/mol. The second-order valence-corrected chi connectivity index (χ2v) is 5.73. The number of benzene rings is 1. The minimum atomic E-state index is -4.51. The summed E-state index contributed by atoms with van der Waals surface area (Å²) in [6.45, 7) is 1.01. The number of fused-ring (bicyclic) bond motifs is 1. The summed E-state index contributed by atoms with van der Waals surface area (Å²) in [5.41, 5.74) is 0.971. The van der Waals surface area contributed by atoms with E-state index in [0.717, 1.165) is 37.2 Å². The molecule has 1 aliphatic heterocycles. The van der Waals surface area contributed by atoms with Gasteiger partial charge in [0, 0.05) is 18.8 Å². The highest BCUT2D eigenvalue weighted by molar-refractivity contribution is 5.75. The summed E-state index contributed by atoms with van der Waals surface area (Å²) in [6, 6.07) is 5.02. The van der Waals surface area contributed by atoms with Crippen LogP contribution in [0.3, 0.4) is 0 Å². The third-order valence-electron chi connectivity index (χ3n) is 4.00. The number of carboxylic acids is 1. The van der Waals surface area contributed by atoms with E-state index < -0.39 is 23.8 Å². The van der Waals surface area contributed by atoms with E-state index in [4.69, 9.17) is 0 Å². The fourth-order valence-electron chi connectivity index (χ4n) is 2.86. The quantitative estimate of drug-likeness (QED) is 0.879. The van der Waals surface area contributed by atoms with Crippen molar-refractivity contribution in [2.75, 3.05) is 0 Å². The SMILES string of the molecule is O=C(O)C(NCc1cc2n(n1)CCC2)c1cccc(C(F)(F)F)c1. The number of halogens is 3. The number of hydrogen-bond acceptors (Lipinski definition) is 3. The molecule has 2 aromatic rings. The lowest BCUT2D eigenvalue weighted by Crippen LogP contribution is -2.28. The van der Waals surface area contributed by atoms with Crippen LogP contribution >= 0.6 is 0 Å². The molecule has 0 saturated heterocycles. The Hall–Kier alpha value is -2.35. The number of carboxylic acid groups (broad SMARTS) is 1. The van der Waals surface area contributed by atoms with E-state index in [0.29, 0.717) is 5.69 Å².